The molecule has 1 aromatic carbocycles. The van der Waals surface area contributed by atoms with E-state index in [1.165, 1.54) is 0 Å². The van der Waals surface area contributed by atoms with Crippen molar-refractivity contribution in [2.45, 2.75) is 38.4 Å². The van der Waals surface area contributed by atoms with Crippen molar-refractivity contribution in [2.24, 2.45) is 0 Å². The number of hydrogen-bond acceptors (Lipinski definition) is 3. The number of amides is 1. The van der Waals surface area contributed by atoms with E-state index in [4.69, 9.17) is 9.47 Å². The van der Waals surface area contributed by atoms with Crippen LogP contribution in [0.3, 0.4) is 0 Å². The summed E-state index contributed by atoms with van der Waals surface area (Å²) in [6, 6.07) is 10.1. The van der Waals surface area contributed by atoms with Gasteiger partial charge in [0, 0.05) is 13.7 Å². The molecule has 0 spiro atoms. The molecule has 1 aliphatic rings. The van der Waals surface area contributed by atoms with Crippen LogP contribution in [0.4, 0.5) is 4.79 Å². The average molecular weight is 277 g/mol. The fraction of sp³-hybridized carbons (Fsp3) is 0.562. The Morgan fingerprint density at radius 3 is 2.60 bits per heavy atom. The van der Waals surface area contributed by atoms with Crippen LogP contribution in [-0.4, -0.2) is 37.3 Å². The Labute approximate surface area is 120 Å². The number of benzene rings is 1. The molecule has 1 aromatic rings. The highest BCUT2D eigenvalue weighted by Gasteiger charge is 2.39. The standard InChI is InChI=1S/C16H23NO3/c1-13(2)20-15(18)17-11-7-10-16(12-17,19-3)14-8-5-4-6-9-14/h4-6,8-9,13H,7,10-12H2,1-3H3. The summed E-state index contributed by atoms with van der Waals surface area (Å²) in [5.41, 5.74) is 0.694. The van der Waals surface area contributed by atoms with Crippen LogP contribution in [0.15, 0.2) is 30.3 Å². The van der Waals surface area contributed by atoms with Crippen LogP contribution >= 0.6 is 0 Å². The lowest BCUT2D eigenvalue weighted by Crippen LogP contribution is -2.50. The van der Waals surface area contributed by atoms with Crippen molar-refractivity contribution < 1.29 is 14.3 Å². The lowest BCUT2D eigenvalue weighted by atomic mass is 9.85. The Morgan fingerprint density at radius 1 is 1.30 bits per heavy atom. The van der Waals surface area contributed by atoms with Gasteiger partial charge in [-0.05, 0) is 32.3 Å². The minimum absolute atomic E-state index is 0.0990. The van der Waals surface area contributed by atoms with Crippen molar-refractivity contribution in [3.63, 3.8) is 0 Å². The zero-order valence-corrected chi connectivity index (χ0v) is 12.5. The van der Waals surface area contributed by atoms with Gasteiger partial charge in [0.1, 0.15) is 5.60 Å². The molecule has 4 heteroatoms. The quantitative estimate of drug-likeness (QED) is 0.852. The molecule has 0 aliphatic carbocycles. The molecule has 1 unspecified atom stereocenters. The van der Waals surface area contributed by atoms with Gasteiger partial charge in [0.05, 0.1) is 12.6 Å². The number of rotatable bonds is 3. The van der Waals surface area contributed by atoms with Crippen LogP contribution in [0.1, 0.15) is 32.3 Å². The maximum Gasteiger partial charge on any atom is 0.410 e. The van der Waals surface area contributed by atoms with E-state index in [1.807, 2.05) is 32.0 Å². The number of methoxy groups -OCH3 is 1. The molecule has 0 aromatic heterocycles. The third kappa shape index (κ3) is 3.12. The molecule has 1 saturated heterocycles. The molecule has 110 valence electrons. The van der Waals surface area contributed by atoms with Gasteiger partial charge < -0.3 is 14.4 Å². The maximum absolute atomic E-state index is 12.1. The summed E-state index contributed by atoms with van der Waals surface area (Å²) in [6.07, 6.45) is 1.48. The monoisotopic (exact) mass is 277 g/mol. The summed E-state index contributed by atoms with van der Waals surface area (Å²) < 4.78 is 11.1. The predicted octanol–water partition coefficient (Wildman–Crippen LogP) is 3.17. The maximum atomic E-state index is 12.1. The van der Waals surface area contributed by atoms with Gasteiger partial charge in [-0.3, -0.25) is 0 Å². The summed E-state index contributed by atoms with van der Waals surface area (Å²) in [5, 5.41) is 0. The minimum Gasteiger partial charge on any atom is -0.447 e. The molecule has 1 atom stereocenters. The van der Waals surface area contributed by atoms with E-state index in [0.717, 1.165) is 24.9 Å². The third-order valence-electron chi connectivity index (χ3n) is 3.74. The van der Waals surface area contributed by atoms with Crippen LogP contribution in [0.25, 0.3) is 0 Å². The van der Waals surface area contributed by atoms with E-state index in [-0.39, 0.29) is 12.2 Å². The summed E-state index contributed by atoms with van der Waals surface area (Å²) in [5.74, 6) is 0. The van der Waals surface area contributed by atoms with Crippen molar-refractivity contribution in [2.75, 3.05) is 20.2 Å². The van der Waals surface area contributed by atoms with Gasteiger partial charge in [-0.2, -0.15) is 0 Å². The smallest absolute Gasteiger partial charge is 0.410 e. The van der Waals surface area contributed by atoms with E-state index in [0.29, 0.717) is 6.54 Å². The third-order valence-corrected chi connectivity index (χ3v) is 3.74. The summed E-state index contributed by atoms with van der Waals surface area (Å²) in [4.78, 5) is 13.8. The first-order valence-corrected chi connectivity index (χ1v) is 7.13. The molecule has 1 aliphatic heterocycles. The summed E-state index contributed by atoms with van der Waals surface area (Å²) >= 11 is 0. The van der Waals surface area contributed by atoms with Gasteiger partial charge in [-0.1, -0.05) is 30.3 Å². The minimum atomic E-state index is -0.421. The number of nitrogens with zero attached hydrogens (tertiary/aromatic N) is 1. The zero-order valence-electron chi connectivity index (χ0n) is 12.5. The fourth-order valence-electron chi connectivity index (χ4n) is 2.72. The fourth-order valence-corrected chi connectivity index (χ4v) is 2.72. The Bertz CT molecular complexity index is 446. The van der Waals surface area contributed by atoms with Crippen molar-refractivity contribution in [3.8, 4) is 0 Å². The number of carbonyl (C=O) groups excluding carboxylic acids is 1. The first-order chi connectivity index (χ1) is 9.57. The van der Waals surface area contributed by atoms with Crippen LogP contribution in [0, 0.1) is 0 Å². The van der Waals surface area contributed by atoms with Gasteiger partial charge in [0.25, 0.3) is 0 Å². The topological polar surface area (TPSA) is 38.8 Å². The molecule has 0 saturated carbocycles. The van der Waals surface area contributed by atoms with Gasteiger partial charge in [-0.15, -0.1) is 0 Å². The molecule has 0 bridgehead atoms. The molecular weight excluding hydrogens is 254 g/mol. The molecule has 4 nitrogen and oxygen atoms in total. The highest BCUT2D eigenvalue weighted by Crippen LogP contribution is 2.34. The number of ether oxygens (including phenoxy) is 2. The molecule has 2 rings (SSSR count). The lowest BCUT2D eigenvalue weighted by molar-refractivity contribution is -0.0685. The lowest BCUT2D eigenvalue weighted by Gasteiger charge is -2.41. The molecule has 0 radical (unpaired) electrons. The Balaban J connectivity index is 2.17. The first kappa shape index (κ1) is 14.9. The van der Waals surface area contributed by atoms with Gasteiger partial charge >= 0.3 is 6.09 Å². The molecule has 1 heterocycles. The van der Waals surface area contributed by atoms with Crippen LogP contribution in [0.2, 0.25) is 0 Å². The Hall–Kier alpha value is -1.55. The zero-order chi connectivity index (χ0) is 14.6. The molecular formula is C16H23NO3. The van der Waals surface area contributed by atoms with Gasteiger partial charge in [-0.25, -0.2) is 4.79 Å². The van der Waals surface area contributed by atoms with E-state index >= 15 is 0 Å². The molecule has 20 heavy (non-hydrogen) atoms. The van der Waals surface area contributed by atoms with Crippen LogP contribution < -0.4 is 0 Å². The SMILES string of the molecule is COC1(c2ccccc2)CCCN(C(=O)OC(C)C)C1. The highest BCUT2D eigenvalue weighted by atomic mass is 16.6. The largest absolute Gasteiger partial charge is 0.447 e. The second-order valence-corrected chi connectivity index (χ2v) is 5.52. The summed E-state index contributed by atoms with van der Waals surface area (Å²) in [7, 11) is 1.71. The number of likely N-dealkylation sites (tertiary alicyclic amines) is 1. The van der Waals surface area contributed by atoms with Crippen molar-refractivity contribution in [1.82, 2.24) is 4.90 Å². The van der Waals surface area contributed by atoms with E-state index in [1.54, 1.807) is 12.0 Å². The van der Waals surface area contributed by atoms with Crippen LogP contribution in [-0.2, 0) is 15.1 Å². The predicted molar refractivity (Wildman–Crippen MR) is 77.6 cm³/mol. The number of piperidine rings is 1. The second kappa shape index (κ2) is 6.27. The van der Waals surface area contributed by atoms with E-state index in [9.17, 15) is 4.79 Å². The first-order valence-electron chi connectivity index (χ1n) is 7.13. The normalized spacial score (nSPS) is 22.9. The second-order valence-electron chi connectivity index (χ2n) is 5.52. The molecule has 0 N–H and O–H groups in total. The Morgan fingerprint density at radius 2 is 2.00 bits per heavy atom. The van der Waals surface area contributed by atoms with Crippen molar-refractivity contribution >= 4 is 6.09 Å². The van der Waals surface area contributed by atoms with Crippen molar-refractivity contribution in [1.29, 1.82) is 0 Å². The Kier molecular flexibility index (Phi) is 4.65. The van der Waals surface area contributed by atoms with Crippen molar-refractivity contribution in [3.05, 3.63) is 35.9 Å². The van der Waals surface area contributed by atoms with E-state index in [2.05, 4.69) is 12.1 Å². The average Bonchev–Trinajstić information content (AvgIpc) is 2.47. The van der Waals surface area contributed by atoms with Gasteiger partial charge in [0.2, 0.25) is 0 Å². The molecule has 1 fully saturated rings. The number of hydrogen-bond donors (Lipinski definition) is 0. The highest BCUT2D eigenvalue weighted by molar-refractivity contribution is 5.68. The van der Waals surface area contributed by atoms with Gasteiger partial charge in [0.15, 0.2) is 0 Å². The number of carbonyl (C=O) groups is 1. The molecule has 1 amide bonds. The van der Waals surface area contributed by atoms with E-state index < -0.39 is 5.60 Å². The van der Waals surface area contributed by atoms with Crippen LogP contribution in [0.5, 0.6) is 0 Å². The summed E-state index contributed by atoms with van der Waals surface area (Å²) in [6.45, 7) is 4.99.